The zero-order valence-electron chi connectivity index (χ0n) is 10.6. The summed E-state index contributed by atoms with van der Waals surface area (Å²) in [6, 6.07) is 4.55. The Labute approximate surface area is 116 Å². The van der Waals surface area contributed by atoms with E-state index in [9.17, 15) is 0 Å². The van der Waals surface area contributed by atoms with Gasteiger partial charge in [-0.2, -0.15) is 5.10 Å². The first-order chi connectivity index (χ1) is 9.34. The van der Waals surface area contributed by atoms with Crippen molar-refractivity contribution in [1.29, 1.82) is 0 Å². The Hall–Kier alpha value is -1.49. The molecule has 4 nitrogen and oxygen atoms in total. The minimum absolute atomic E-state index is 0.550. The average Bonchev–Trinajstić information content (AvgIpc) is 3.33. The van der Waals surface area contributed by atoms with Gasteiger partial charge in [-0.15, -0.1) is 0 Å². The number of nitrogens with zero attached hydrogens (tertiary/aromatic N) is 3. The zero-order valence-corrected chi connectivity index (χ0v) is 11.4. The largest absolute Gasteiger partial charge is 0.296 e. The second-order valence-electron chi connectivity index (χ2n) is 5.62. The Morgan fingerprint density at radius 1 is 1.16 bits per heavy atom. The summed E-state index contributed by atoms with van der Waals surface area (Å²) in [6.07, 6.45) is 8.96. The van der Waals surface area contributed by atoms with Gasteiger partial charge in [-0.1, -0.05) is 0 Å². The van der Waals surface area contributed by atoms with E-state index in [0.29, 0.717) is 6.04 Å². The van der Waals surface area contributed by atoms with Crippen LogP contribution in [0.25, 0.3) is 11.4 Å². The second-order valence-corrected chi connectivity index (χ2v) is 6.01. The second kappa shape index (κ2) is 4.27. The van der Waals surface area contributed by atoms with Crippen LogP contribution in [0.2, 0.25) is 0 Å². The van der Waals surface area contributed by atoms with Crippen LogP contribution in [0.1, 0.15) is 31.7 Å². The van der Waals surface area contributed by atoms with Gasteiger partial charge in [0.2, 0.25) is 0 Å². The highest BCUT2D eigenvalue weighted by molar-refractivity contribution is 7.71. The SMILES string of the molecule is S=c1[nH]nc(-c2ccncc2)n1C(C1CC1)C1CC1. The van der Waals surface area contributed by atoms with Crippen LogP contribution in [0, 0.1) is 16.6 Å². The van der Waals surface area contributed by atoms with E-state index in [1.807, 2.05) is 12.1 Å². The molecule has 0 amide bonds. The Kier molecular flexibility index (Phi) is 2.55. The predicted molar refractivity (Wildman–Crippen MR) is 75.1 cm³/mol. The fraction of sp³-hybridized carbons (Fsp3) is 0.500. The van der Waals surface area contributed by atoms with Gasteiger partial charge in [-0.25, -0.2) is 0 Å². The van der Waals surface area contributed by atoms with Crippen molar-refractivity contribution in [2.45, 2.75) is 31.7 Å². The standard InChI is InChI=1S/C14H16N4S/c19-14-17-16-13(11-5-7-15-8-6-11)18(14)12(9-1-2-9)10-3-4-10/h5-10,12H,1-4H2,(H,17,19). The highest BCUT2D eigenvalue weighted by atomic mass is 32.1. The van der Waals surface area contributed by atoms with Crippen LogP contribution < -0.4 is 0 Å². The van der Waals surface area contributed by atoms with Crippen LogP contribution in [0.4, 0.5) is 0 Å². The van der Waals surface area contributed by atoms with Gasteiger partial charge in [0.05, 0.1) is 0 Å². The van der Waals surface area contributed by atoms with Gasteiger partial charge in [0.15, 0.2) is 10.6 Å². The van der Waals surface area contributed by atoms with E-state index in [1.54, 1.807) is 12.4 Å². The van der Waals surface area contributed by atoms with Gasteiger partial charge in [0, 0.05) is 24.0 Å². The Morgan fingerprint density at radius 2 is 1.79 bits per heavy atom. The van der Waals surface area contributed by atoms with E-state index in [0.717, 1.165) is 28.0 Å². The fourth-order valence-corrected chi connectivity index (χ4v) is 3.22. The van der Waals surface area contributed by atoms with E-state index in [-0.39, 0.29) is 0 Å². The summed E-state index contributed by atoms with van der Waals surface area (Å²) in [7, 11) is 0. The molecule has 0 saturated heterocycles. The maximum Gasteiger partial charge on any atom is 0.195 e. The molecule has 0 atom stereocenters. The predicted octanol–water partition coefficient (Wildman–Crippen LogP) is 3.36. The summed E-state index contributed by atoms with van der Waals surface area (Å²) in [6.45, 7) is 0. The molecule has 0 spiro atoms. The first kappa shape index (κ1) is 11.3. The van der Waals surface area contributed by atoms with Crippen molar-refractivity contribution >= 4 is 12.2 Å². The lowest BCUT2D eigenvalue weighted by Crippen LogP contribution is -2.15. The van der Waals surface area contributed by atoms with Crippen LogP contribution in [0.3, 0.4) is 0 Å². The average molecular weight is 272 g/mol. The van der Waals surface area contributed by atoms with E-state index in [4.69, 9.17) is 12.2 Å². The summed E-state index contributed by atoms with van der Waals surface area (Å²) in [5.74, 6) is 2.57. The topological polar surface area (TPSA) is 46.5 Å². The monoisotopic (exact) mass is 272 g/mol. The minimum atomic E-state index is 0.550. The molecule has 4 rings (SSSR count). The van der Waals surface area contributed by atoms with Crippen LogP contribution in [0.15, 0.2) is 24.5 Å². The molecule has 0 unspecified atom stereocenters. The fourth-order valence-electron chi connectivity index (χ4n) is 2.97. The van der Waals surface area contributed by atoms with Gasteiger partial charge in [-0.05, 0) is 61.9 Å². The molecule has 19 heavy (non-hydrogen) atoms. The van der Waals surface area contributed by atoms with Crippen LogP contribution in [-0.2, 0) is 0 Å². The number of hydrogen-bond donors (Lipinski definition) is 1. The normalized spacial score (nSPS) is 19.0. The lowest BCUT2D eigenvalue weighted by atomic mass is 10.1. The summed E-state index contributed by atoms with van der Waals surface area (Å²) in [4.78, 5) is 4.07. The number of nitrogens with one attached hydrogen (secondary N) is 1. The van der Waals surface area contributed by atoms with Gasteiger partial charge in [-0.3, -0.25) is 14.6 Å². The van der Waals surface area contributed by atoms with Crippen LogP contribution >= 0.6 is 12.2 Å². The highest BCUT2D eigenvalue weighted by Gasteiger charge is 2.43. The molecule has 2 heterocycles. The number of pyridine rings is 1. The first-order valence-electron chi connectivity index (χ1n) is 6.92. The van der Waals surface area contributed by atoms with Gasteiger partial charge in [0.1, 0.15) is 0 Å². The molecule has 2 aliphatic carbocycles. The molecule has 2 saturated carbocycles. The summed E-state index contributed by atoms with van der Waals surface area (Å²) in [5.41, 5.74) is 1.09. The van der Waals surface area contributed by atoms with Crippen molar-refractivity contribution in [3.05, 3.63) is 29.3 Å². The van der Waals surface area contributed by atoms with Crippen molar-refractivity contribution in [1.82, 2.24) is 19.7 Å². The highest BCUT2D eigenvalue weighted by Crippen LogP contribution is 2.52. The van der Waals surface area contributed by atoms with E-state index >= 15 is 0 Å². The number of aromatic nitrogens is 4. The lowest BCUT2D eigenvalue weighted by molar-refractivity contribution is 0.393. The van der Waals surface area contributed by atoms with Crippen molar-refractivity contribution in [3.8, 4) is 11.4 Å². The van der Waals surface area contributed by atoms with E-state index < -0.39 is 0 Å². The molecule has 0 aromatic carbocycles. The van der Waals surface area contributed by atoms with Gasteiger partial charge in [0.25, 0.3) is 0 Å². The smallest absolute Gasteiger partial charge is 0.195 e. The van der Waals surface area contributed by atoms with Crippen molar-refractivity contribution in [3.63, 3.8) is 0 Å². The summed E-state index contributed by atoms with van der Waals surface area (Å²) < 4.78 is 3.02. The van der Waals surface area contributed by atoms with E-state index in [2.05, 4.69) is 19.7 Å². The molecule has 2 aromatic rings. The summed E-state index contributed by atoms with van der Waals surface area (Å²) >= 11 is 5.47. The molecular weight excluding hydrogens is 256 g/mol. The van der Waals surface area contributed by atoms with Crippen LogP contribution in [-0.4, -0.2) is 19.7 Å². The van der Waals surface area contributed by atoms with Gasteiger partial charge < -0.3 is 0 Å². The van der Waals surface area contributed by atoms with Gasteiger partial charge >= 0.3 is 0 Å². The molecule has 1 N–H and O–H groups in total. The van der Waals surface area contributed by atoms with Crippen molar-refractivity contribution in [2.75, 3.05) is 0 Å². The maximum atomic E-state index is 5.47. The molecular formula is C14H16N4S. The maximum absolute atomic E-state index is 5.47. The molecule has 2 aromatic heterocycles. The third kappa shape index (κ3) is 2.02. The third-order valence-electron chi connectivity index (χ3n) is 4.15. The van der Waals surface area contributed by atoms with E-state index in [1.165, 1.54) is 25.7 Å². The molecule has 98 valence electrons. The molecule has 0 aliphatic heterocycles. The quantitative estimate of drug-likeness (QED) is 0.868. The van der Waals surface area contributed by atoms with Crippen molar-refractivity contribution < 1.29 is 0 Å². The number of H-pyrrole nitrogens is 1. The third-order valence-corrected chi connectivity index (χ3v) is 4.44. The number of aromatic amines is 1. The number of hydrogen-bond acceptors (Lipinski definition) is 3. The Bertz CT molecular complexity index is 625. The Balaban J connectivity index is 1.82. The van der Waals surface area contributed by atoms with Crippen LogP contribution in [0.5, 0.6) is 0 Å². The minimum Gasteiger partial charge on any atom is -0.296 e. The molecule has 0 radical (unpaired) electrons. The Morgan fingerprint density at radius 3 is 2.37 bits per heavy atom. The summed E-state index contributed by atoms with van der Waals surface area (Å²) in [5, 5.41) is 7.42. The number of rotatable bonds is 4. The lowest BCUT2D eigenvalue weighted by Gasteiger charge is -2.19. The molecule has 5 heteroatoms. The molecule has 0 bridgehead atoms. The first-order valence-corrected chi connectivity index (χ1v) is 7.33. The van der Waals surface area contributed by atoms with Crippen molar-refractivity contribution in [2.24, 2.45) is 11.8 Å². The zero-order chi connectivity index (χ0) is 12.8. The molecule has 2 fully saturated rings. The molecule has 2 aliphatic rings.